The van der Waals surface area contributed by atoms with Gasteiger partial charge in [0.05, 0.1) is 11.6 Å². The van der Waals surface area contributed by atoms with Crippen molar-refractivity contribution in [3.8, 4) is 51.4 Å². The Labute approximate surface area is 193 Å². The Bertz CT molecular complexity index is 1460. The number of benzene rings is 4. The lowest BCUT2D eigenvalue weighted by molar-refractivity contribution is 1.07. The van der Waals surface area contributed by atoms with Gasteiger partial charge in [0.25, 0.3) is 0 Å². The number of nitrogens with zero attached hydrogens (tertiary/aromatic N) is 4. The van der Waals surface area contributed by atoms with Crippen molar-refractivity contribution in [1.29, 1.82) is 5.26 Å². The molecule has 0 saturated heterocycles. The van der Waals surface area contributed by atoms with Gasteiger partial charge in [0, 0.05) is 16.7 Å². The SMILES string of the molecule is [B]c1cccc(-c2nc(-c3ccccc3)nc(-c3ccc(-c4ccccc4)cc3)n2)c1C#N. The van der Waals surface area contributed by atoms with Gasteiger partial charge in [-0.2, -0.15) is 5.26 Å². The third-order valence-corrected chi connectivity index (χ3v) is 5.37. The van der Waals surface area contributed by atoms with Crippen LogP contribution in [0, 0.1) is 11.3 Å². The summed E-state index contributed by atoms with van der Waals surface area (Å²) in [6, 6.07) is 35.5. The molecule has 0 aliphatic heterocycles. The van der Waals surface area contributed by atoms with E-state index in [0.29, 0.717) is 34.1 Å². The minimum absolute atomic E-state index is 0.355. The standard InChI is InChI=1S/C28H17BN4/c29-25-13-7-12-23(24(25)18-30)28-32-26(21-10-5-2-6-11-21)31-27(33-28)22-16-14-20(15-17-22)19-8-3-1-4-9-19/h1-17H. The van der Waals surface area contributed by atoms with Crippen LogP contribution in [0.2, 0.25) is 0 Å². The van der Waals surface area contributed by atoms with Gasteiger partial charge in [0.2, 0.25) is 0 Å². The molecule has 5 aromatic rings. The van der Waals surface area contributed by atoms with E-state index in [-0.39, 0.29) is 0 Å². The summed E-state index contributed by atoms with van der Waals surface area (Å²) in [6.45, 7) is 0. The first-order valence-corrected chi connectivity index (χ1v) is 10.5. The molecule has 4 aromatic carbocycles. The third kappa shape index (κ3) is 4.15. The molecule has 0 unspecified atom stereocenters. The zero-order chi connectivity index (χ0) is 22.6. The van der Waals surface area contributed by atoms with E-state index in [1.54, 1.807) is 18.2 Å². The maximum absolute atomic E-state index is 9.67. The molecule has 0 bridgehead atoms. The van der Waals surface area contributed by atoms with Crippen molar-refractivity contribution in [3.05, 3.63) is 109 Å². The van der Waals surface area contributed by atoms with E-state index in [4.69, 9.17) is 17.8 Å². The Kier molecular flexibility index (Phi) is 5.49. The zero-order valence-corrected chi connectivity index (χ0v) is 17.7. The highest BCUT2D eigenvalue weighted by molar-refractivity contribution is 6.34. The quantitative estimate of drug-likeness (QED) is 0.375. The van der Waals surface area contributed by atoms with Crippen LogP contribution in [0.5, 0.6) is 0 Å². The van der Waals surface area contributed by atoms with Crippen molar-refractivity contribution in [3.63, 3.8) is 0 Å². The van der Waals surface area contributed by atoms with Crippen molar-refractivity contribution in [2.45, 2.75) is 0 Å². The molecule has 33 heavy (non-hydrogen) atoms. The number of aromatic nitrogens is 3. The third-order valence-electron chi connectivity index (χ3n) is 5.37. The first kappa shape index (κ1) is 20.4. The molecule has 152 valence electrons. The molecule has 0 amide bonds. The van der Waals surface area contributed by atoms with Crippen LogP contribution in [-0.4, -0.2) is 22.8 Å². The van der Waals surface area contributed by atoms with Crippen LogP contribution in [0.3, 0.4) is 0 Å². The number of hydrogen-bond donors (Lipinski definition) is 0. The molecule has 2 radical (unpaired) electrons. The molecule has 0 spiro atoms. The predicted octanol–water partition coefficient (Wildman–Crippen LogP) is 5.21. The molecule has 5 rings (SSSR count). The van der Waals surface area contributed by atoms with Crippen LogP contribution in [0.25, 0.3) is 45.3 Å². The number of rotatable bonds is 4. The average molecular weight is 420 g/mol. The molecule has 0 aliphatic rings. The minimum atomic E-state index is 0.355. The van der Waals surface area contributed by atoms with Crippen molar-refractivity contribution in [2.24, 2.45) is 0 Å². The van der Waals surface area contributed by atoms with Gasteiger partial charge in [-0.15, -0.1) is 0 Å². The Morgan fingerprint density at radius 3 is 1.61 bits per heavy atom. The van der Waals surface area contributed by atoms with Crippen LogP contribution >= 0.6 is 0 Å². The van der Waals surface area contributed by atoms with Crippen LogP contribution in [0.4, 0.5) is 0 Å². The lowest BCUT2D eigenvalue weighted by Gasteiger charge is -2.11. The fourth-order valence-electron chi connectivity index (χ4n) is 3.67. The summed E-state index contributed by atoms with van der Waals surface area (Å²) in [5.41, 5.74) is 5.31. The van der Waals surface area contributed by atoms with Crippen molar-refractivity contribution >= 4 is 13.3 Å². The molecule has 0 aliphatic carbocycles. The van der Waals surface area contributed by atoms with Gasteiger partial charge in [-0.1, -0.05) is 103 Å². The maximum atomic E-state index is 9.67. The van der Waals surface area contributed by atoms with Gasteiger partial charge in [-0.3, -0.25) is 0 Å². The van der Waals surface area contributed by atoms with Crippen molar-refractivity contribution < 1.29 is 0 Å². The van der Waals surface area contributed by atoms with E-state index in [1.807, 2.05) is 60.7 Å². The minimum Gasteiger partial charge on any atom is -0.208 e. The summed E-state index contributed by atoms with van der Waals surface area (Å²) in [7, 11) is 6.05. The fourth-order valence-corrected chi connectivity index (χ4v) is 3.67. The topological polar surface area (TPSA) is 62.5 Å². The van der Waals surface area contributed by atoms with Crippen LogP contribution in [0.1, 0.15) is 5.56 Å². The smallest absolute Gasteiger partial charge is 0.165 e. The van der Waals surface area contributed by atoms with Crippen molar-refractivity contribution in [1.82, 2.24) is 15.0 Å². The maximum Gasteiger partial charge on any atom is 0.165 e. The van der Waals surface area contributed by atoms with Gasteiger partial charge >= 0.3 is 0 Å². The second-order valence-electron chi connectivity index (χ2n) is 7.50. The lowest BCUT2D eigenvalue weighted by Crippen LogP contribution is -2.10. The molecule has 0 saturated carbocycles. The Morgan fingerprint density at radius 2 is 1.00 bits per heavy atom. The summed E-state index contributed by atoms with van der Waals surface area (Å²) >= 11 is 0. The second-order valence-corrected chi connectivity index (χ2v) is 7.50. The normalized spacial score (nSPS) is 10.5. The fraction of sp³-hybridized carbons (Fsp3) is 0. The van der Waals surface area contributed by atoms with E-state index in [9.17, 15) is 5.26 Å². The van der Waals surface area contributed by atoms with Gasteiger partial charge in [-0.05, 0) is 17.2 Å². The number of nitriles is 1. The van der Waals surface area contributed by atoms with Crippen molar-refractivity contribution in [2.75, 3.05) is 0 Å². The molecular formula is C28H17BN4. The summed E-state index contributed by atoms with van der Waals surface area (Å²) in [5.74, 6) is 1.48. The summed E-state index contributed by atoms with van der Waals surface area (Å²) in [5, 5.41) is 9.67. The molecule has 1 aromatic heterocycles. The molecule has 5 heteroatoms. The monoisotopic (exact) mass is 420 g/mol. The molecule has 1 heterocycles. The van der Waals surface area contributed by atoms with Gasteiger partial charge in [0.15, 0.2) is 17.5 Å². The van der Waals surface area contributed by atoms with Crippen LogP contribution < -0.4 is 5.46 Å². The first-order valence-electron chi connectivity index (χ1n) is 10.5. The van der Waals surface area contributed by atoms with E-state index in [2.05, 4.69) is 35.3 Å². The summed E-state index contributed by atoms with van der Waals surface area (Å²) in [6.07, 6.45) is 0. The number of hydrogen-bond acceptors (Lipinski definition) is 4. The Hall–Kier alpha value is -4.56. The van der Waals surface area contributed by atoms with E-state index >= 15 is 0 Å². The lowest BCUT2D eigenvalue weighted by atomic mass is 9.88. The molecular weight excluding hydrogens is 403 g/mol. The highest BCUT2D eigenvalue weighted by Gasteiger charge is 2.15. The molecule has 0 atom stereocenters. The van der Waals surface area contributed by atoms with Gasteiger partial charge < -0.3 is 0 Å². The van der Waals surface area contributed by atoms with Crippen LogP contribution in [-0.2, 0) is 0 Å². The summed E-state index contributed by atoms with van der Waals surface area (Å²) in [4.78, 5) is 14.2. The highest BCUT2D eigenvalue weighted by Crippen LogP contribution is 2.27. The highest BCUT2D eigenvalue weighted by atomic mass is 15.0. The van der Waals surface area contributed by atoms with Gasteiger partial charge in [-0.25, -0.2) is 15.0 Å². The molecule has 4 nitrogen and oxygen atoms in total. The molecule has 0 N–H and O–H groups in total. The van der Waals surface area contributed by atoms with Gasteiger partial charge in [0.1, 0.15) is 7.85 Å². The largest absolute Gasteiger partial charge is 0.208 e. The predicted molar refractivity (Wildman–Crippen MR) is 132 cm³/mol. The van der Waals surface area contributed by atoms with E-state index in [0.717, 1.165) is 22.3 Å². The Balaban J connectivity index is 1.66. The second kappa shape index (κ2) is 8.90. The van der Waals surface area contributed by atoms with E-state index < -0.39 is 0 Å². The van der Waals surface area contributed by atoms with Crippen LogP contribution in [0.15, 0.2) is 103 Å². The zero-order valence-electron chi connectivity index (χ0n) is 17.7. The van der Waals surface area contributed by atoms with E-state index in [1.165, 1.54) is 0 Å². The summed E-state index contributed by atoms with van der Waals surface area (Å²) < 4.78 is 0. The Morgan fingerprint density at radius 1 is 0.515 bits per heavy atom. The first-order chi connectivity index (χ1) is 16.2. The average Bonchev–Trinajstić information content (AvgIpc) is 2.89. The molecule has 0 fully saturated rings.